The topological polar surface area (TPSA) is 47.3 Å². The van der Waals surface area contributed by atoms with Gasteiger partial charge in [-0.2, -0.15) is 5.26 Å². The summed E-state index contributed by atoms with van der Waals surface area (Å²) in [6.45, 7) is 5.00. The molecule has 0 aromatic heterocycles. The molecule has 4 heteroatoms. The second kappa shape index (κ2) is 5.26. The van der Waals surface area contributed by atoms with Crippen LogP contribution < -0.4 is 0 Å². The summed E-state index contributed by atoms with van der Waals surface area (Å²) in [6, 6.07) is 10.4. The van der Waals surface area contributed by atoms with Crippen molar-refractivity contribution in [3.05, 3.63) is 35.4 Å². The first-order valence-electron chi connectivity index (χ1n) is 7.21. The second-order valence-corrected chi connectivity index (χ2v) is 5.62. The van der Waals surface area contributed by atoms with Crippen molar-refractivity contribution in [2.45, 2.75) is 25.3 Å². The van der Waals surface area contributed by atoms with Crippen molar-refractivity contribution >= 4 is 5.91 Å². The normalized spacial score (nSPS) is 23.4. The molecule has 0 spiro atoms. The van der Waals surface area contributed by atoms with E-state index in [9.17, 15) is 4.79 Å². The van der Waals surface area contributed by atoms with Crippen LogP contribution in [0.15, 0.2) is 24.3 Å². The molecule has 1 aliphatic heterocycles. The molecular formula is C16H19N3O. The van der Waals surface area contributed by atoms with Gasteiger partial charge in [0.25, 0.3) is 0 Å². The van der Waals surface area contributed by atoms with E-state index in [4.69, 9.17) is 5.26 Å². The molecule has 0 bridgehead atoms. The van der Waals surface area contributed by atoms with Crippen LogP contribution >= 0.6 is 0 Å². The molecule has 4 nitrogen and oxygen atoms in total. The number of nitrogens with zero attached hydrogens (tertiary/aromatic N) is 3. The lowest BCUT2D eigenvalue weighted by Crippen LogP contribution is -2.52. The van der Waals surface area contributed by atoms with Gasteiger partial charge in [0.1, 0.15) is 0 Å². The average Bonchev–Trinajstić information content (AvgIpc) is 2.47. The molecule has 1 aliphatic carbocycles. The molecule has 0 radical (unpaired) electrons. The third-order valence-electron chi connectivity index (χ3n) is 4.51. The zero-order valence-electron chi connectivity index (χ0n) is 11.7. The number of carbonyl (C=O) groups excluding carboxylic acids is 1. The van der Waals surface area contributed by atoms with E-state index < -0.39 is 0 Å². The Morgan fingerprint density at radius 2 is 2.00 bits per heavy atom. The molecule has 20 heavy (non-hydrogen) atoms. The van der Waals surface area contributed by atoms with Gasteiger partial charge in [0.05, 0.1) is 18.0 Å². The molecule has 2 unspecified atom stereocenters. The van der Waals surface area contributed by atoms with Crippen molar-refractivity contribution in [1.29, 1.82) is 5.26 Å². The van der Waals surface area contributed by atoms with E-state index in [2.05, 4.69) is 23.1 Å². The summed E-state index contributed by atoms with van der Waals surface area (Å²) in [6.07, 6.45) is 0.879. The Morgan fingerprint density at radius 1 is 1.30 bits per heavy atom. The quantitative estimate of drug-likeness (QED) is 0.815. The maximum atomic E-state index is 12.5. The highest BCUT2D eigenvalue weighted by atomic mass is 16.2. The fourth-order valence-electron chi connectivity index (χ4n) is 3.11. The highest BCUT2D eigenvalue weighted by molar-refractivity contribution is 5.87. The Kier molecular flexibility index (Phi) is 3.45. The minimum absolute atomic E-state index is 0.0586. The van der Waals surface area contributed by atoms with Gasteiger partial charge in [-0.05, 0) is 24.5 Å². The van der Waals surface area contributed by atoms with Gasteiger partial charge in [0, 0.05) is 26.2 Å². The number of hydrogen-bond donors (Lipinski definition) is 0. The number of rotatable bonds is 2. The lowest BCUT2D eigenvalue weighted by molar-refractivity contribution is -0.135. The standard InChI is InChI=1S/C16H19N3O/c1-12(11-17)18-6-8-19(9-7-18)16(20)15-10-13-4-2-3-5-14(13)15/h2-5,12,15H,6-10H2,1H3. The van der Waals surface area contributed by atoms with Crippen LogP contribution in [0.4, 0.5) is 0 Å². The molecule has 2 aliphatic rings. The first-order valence-corrected chi connectivity index (χ1v) is 7.21. The Hall–Kier alpha value is -1.86. The molecular weight excluding hydrogens is 250 g/mol. The van der Waals surface area contributed by atoms with E-state index in [0.29, 0.717) is 0 Å². The number of amides is 1. The molecule has 3 rings (SSSR count). The zero-order chi connectivity index (χ0) is 14.1. The predicted octanol–water partition coefficient (Wildman–Crippen LogP) is 1.38. The van der Waals surface area contributed by atoms with Gasteiger partial charge in [-0.1, -0.05) is 24.3 Å². The minimum Gasteiger partial charge on any atom is -0.340 e. The van der Waals surface area contributed by atoms with Crippen LogP contribution in [-0.2, 0) is 11.2 Å². The largest absolute Gasteiger partial charge is 0.340 e. The third kappa shape index (κ3) is 2.19. The van der Waals surface area contributed by atoms with Crippen LogP contribution in [0.25, 0.3) is 0 Å². The van der Waals surface area contributed by atoms with Crippen molar-refractivity contribution in [3.63, 3.8) is 0 Å². The maximum Gasteiger partial charge on any atom is 0.230 e. The minimum atomic E-state index is -0.0586. The Bertz CT molecular complexity index is 555. The van der Waals surface area contributed by atoms with Gasteiger partial charge >= 0.3 is 0 Å². The Labute approximate surface area is 119 Å². The van der Waals surface area contributed by atoms with Crippen LogP contribution in [0, 0.1) is 11.3 Å². The number of carbonyl (C=O) groups is 1. The molecule has 0 N–H and O–H groups in total. The highest BCUT2D eigenvalue weighted by Crippen LogP contribution is 2.36. The zero-order valence-corrected chi connectivity index (χ0v) is 11.7. The SMILES string of the molecule is CC(C#N)N1CCN(C(=O)C2Cc3ccccc32)CC1. The summed E-state index contributed by atoms with van der Waals surface area (Å²) in [5, 5.41) is 8.93. The van der Waals surface area contributed by atoms with Crippen LogP contribution in [-0.4, -0.2) is 47.9 Å². The molecule has 1 aromatic carbocycles. The summed E-state index contributed by atoms with van der Waals surface area (Å²) >= 11 is 0. The van der Waals surface area contributed by atoms with E-state index >= 15 is 0 Å². The fraction of sp³-hybridized carbons (Fsp3) is 0.500. The van der Waals surface area contributed by atoms with Gasteiger partial charge in [0.15, 0.2) is 0 Å². The lowest BCUT2D eigenvalue weighted by atomic mass is 9.77. The van der Waals surface area contributed by atoms with Crippen LogP contribution in [0.5, 0.6) is 0 Å². The van der Waals surface area contributed by atoms with Crippen LogP contribution in [0.2, 0.25) is 0 Å². The van der Waals surface area contributed by atoms with Gasteiger partial charge in [-0.3, -0.25) is 9.69 Å². The summed E-state index contributed by atoms with van der Waals surface area (Å²) in [7, 11) is 0. The van der Waals surface area contributed by atoms with Crippen molar-refractivity contribution in [2.24, 2.45) is 0 Å². The summed E-state index contributed by atoms with van der Waals surface area (Å²) < 4.78 is 0. The first kappa shape index (κ1) is 13.1. The van der Waals surface area contributed by atoms with Gasteiger partial charge in [-0.25, -0.2) is 0 Å². The van der Waals surface area contributed by atoms with E-state index in [1.165, 1.54) is 11.1 Å². The summed E-state index contributed by atoms with van der Waals surface area (Å²) in [5.41, 5.74) is 2.51. The highest BCUT2D eigenvalue weighted by Gasteiger charge is 2.35. The Morgan fingerprint density at radius 3 is 2.65 bits per heavy atom. The van der Waals surface area contributed by atoms with E-state index in [1.54, 1.807) is 0 Å². The summed E-state index contributed by atoms with van der Waals surface area (Å²) in [5.74, 6) is 0.319. The van der Waals surface area contributed by atoms with Crippen molar-refractivity contribution < 1.29 is 4.79 Å². The summed E-state index contributed by atoms with van der Waals surface area (Å²) in [4.78, 5) is 16.6. The molecule has 1 aromatic rings. The molecule has 1 heterocycles. The first-order chi connectivity index (χ1) is 9.70. The van der Waals surface area contributed by atoms with Crippen molar-refractivity contribution in [2.75, 3.05) is 26.2 Å². The third-order valence-corrected chi connectivity index (χ3v) is 4.51. The monoisotopic (exact) mass is 269 g/mol. The van der Waals surface area contributed by atoms with Gasteiger partial charge in [-0.15, -0.1) is 0 Å². The molecule has 1 amide bonds. The van der Waals surface area contributed by atoms with E-state index in [1.807, 2.05) is 24.0 Å². The average molecular weight is 269 g/mol. The molecule has 0 saturated carbocycles. The van der Waals surface area contributed by atoms with Gasteiger partial charge < -0.3 is 4.90 Å². The smallest absolute Gasteiger partial charge is 0.230 e. The molecule has 1 fully saturated rings. The Balaban J connectivity index is 1.60. The second-order valence-electron chi connectivity index (χ2n) is 5.62. The molecule has 104 valence electrons. The number of fused-ring (bicyclic) bond motifs is 1. The number of piperazine rings is 1. The molecule has 1 saturated heterocycles. The van der Waals surface area contributed by atoms with Gasteiger partial charge in [0.2, 0.25) is 5.91 Å². The maximum absolute atomic E-state index is 12.5. The van der Waals surface area contributed by atoms with E-state index in [-0.39, 0.29) is 17.9 Å². The molecule has 2 atom stereocenters. The lowest BCUT2D eigenvalue weighted by Gasteiger charge is -2.39. The van der Waals surface area contributed by atoms with E-state index in [0.717, 1.165) is 32.6 Å². The fourth-order valence-corrected chi connectivity index (χ4v) is 3.11. The van der Waals surface area contributed by atoms with Crippen molar-refractivity contribution in [1.82, 2.24) is 9.80 Å². The predicted molar refractivity (Wildman–Crippen MR) is 76.1 cm³/mol. The number of benzene rings is 1. The number of nitriles is 1. The van der Waals surface area contributed by atoms with Crippen LogP contribution in [0.3, 0.4) is 0 Å². The number of hydrogen-bond acceptors (Lipinski definition) is 3. The van der Waals surface area contributed by atoms with Crippen molar-refractivity contribution in [3.8, 4) is 6.07 Å². The van der Waals surface area contributed by atoms with Crippen LogP contribution in [0.1, 0.15) is 24.0 Å².